The molecule has 1 heterocycles. The van der Waals surface area contributed by atoms with Crippen molar-refractivity contribution in [1.82, 2.24) is 5.32 Å². The molecule has 1 rings (SSSR count). The molecule has 0 aliphatic carbocycles. The van der Waals surface area contributed by atoms with Gasteiger partial charge in [0.1, 0.15) is 6.17 Å². The van der Waals surface area contributed by atoms with E-state index in [0.717, 1.165) is 0 Å². The highest BCUT2D eigenvalue weighted by Crippen LogP contribution is 1.99. The smallest absolute Gasteiger partial charge is 0.129 e. The van der Waals surface area contributed by atoms with Crippen molar-refractivity contribution in [2.24, 2.45) is 5.73 Å². The molecule has 50 valence electrons. The van der Waals surface area contributed by atoms with Crippen LogP contribution in [-0.2, 0) is 0 Å². The third-order valence-electron chi connectivity index (χ3n) is 1.18. The van der Waals surface area contributed by atoms with Gasteiger partial charge < -0.3 is 11.1 Å². The number of hydrogen-bond donors (Lipinski definition) is 2. The predicted molar refractivity (Wildman–Crippen MR) is 33.0 cm³/mol. The molecule has 0 radical (unpaired) electrons. The van der Waals surface area contributed by atoms with E-state index in [9.17, 15) is 4.39 Å². The fourth-order valence-corrected chi connectivity index (χ4v) is 0.667. The molecule has 1 aliphatic rings. The Hall–Kier alpha value is 0.140. The lowest BCUT2D eigenvalue weighted by atomic mass is 10.3. The molecular weight excluding hydrogens is 131 g/mol. The van der Waals surface area contributed by atoms with E-state index in [1.807, 2.05) is 0 Å². The molecule has 1 saturated heterocycles. The second-order valence-electron chi connectivity index (χ2n) is 1.84. The zero-order valence-electron chi connectivity index (χ0n) is 4.43. The number of nitrogens with one attached hydrogen (secondary N) is 1. The summed E-state index contributed by atoms with van der Waals surface area (Å²) >= 11 is 0. The van der Waals surface area contributed by atoms with E-state index in [2.05, 4.69) is 5.32 Å². The number of alkyl halides is 1. The summed E-state index contributed by atoms with van der Waals surface area (Å²) in [6.45, 7) is 1.06. The summed E-state index contributed by atoms with van der Waals surface area (Å²) in [5.74, 6) is 0. The molecule has 0 aromatic heterocycles. The van der Waals surface area contributed by atoms with E-state index in [4.69, 9.17) is 5.73 Å². The Kier molecular flexibility index (Phi) is 3.28. The lowest BCUT2D eigenvalue weighted by Crippen LogP contribution is -2.29. The minimum absolute atomic E-state index is 0. The van der Waals surface area contributed by atoms with Crippen LogP contribution in [0.15, 0.2) is 0 Å². The van der Waals surface area contributed by atoms with Crippen molar-refractivity contribution in [3.63, 3.8) is 0 Å². The molecule has 1 fully saturated rings. The molecule has 0 spiro atoms. The summed E-state index contributed by atoms with van der Waals surface area (Å²) in [5, 5.41) is 2.82. The van der Waals surface area contributed by atoms with Gasteiger partial charge in [0.15, 0.2) is 0 Å². The zero-order valence-corrected chi connectivity index (χ0v) is 5.25. The highest BCUT2D eigenvalue weighted by Gasteiger charge is 2.21. The summed E-state index contributed by atoms with van der Waals surface area (Å²) in [7, 11) is 0. The van der Waals surface area contributed by atoms with Crippen LogP contribution in [0.4, 0.5) is 4.39 Å². The summed E-state index contributed by atoms with van der Waals surface area (Å²) in [6.07, 6.45) is -0.819. The SMILES string of the molecule is Cl.N[C@@H]1CNC[C@@H]1F. The molecule has 8 heavy (non-hydrogen) atoms. The highest BCUT2D eigenvalue weighted by atomic mass is 35.5. The van der Waals surface area contributed by atoms with E-state index in [0.29, 0.717) is 13.1 Å². The summed E-state index contributed by atoms with van der Waals surface area (Å²) in [4.78, 5) is 0. The molecule has 0 unspecified atom stereocenters. The Labute approximate surface area is 54.0 Å². The molecule has 0 aromatic carbocycles. The largest absolute Gasteiger partial charge is 0.324 e. The van der Waals surface area contributed by atoms with Gasteiger partial charge in [-0.3, -0.25) is 0 Å². The lowest BCUT2D eigenvalue weighted by molar-refractivity contribution is 0.332. The average molecular weight is 141 g/mol. The first-order valence-electron chi connectivity index (χ1n) is 2.41. The van der Waals surface area contributed by atoms with Gasteiger partial charge >= 0.3 is 0 Å². The fourth-order valence-electron chi connectivity index (χ4n) is 0.667. The first-order valence-corrected chi connectivity index (χ1v) is 2.41. The van der Waals surface area contributed by atoms with E-state index in [1.54, 1.807) is 0 Å². The molecule has 2 atom stereocenters. The van der Waals surface area contributed by atoms with Crippen LogP contribution in [0.5, 0.6) is 0 Å². The Morgan fingerprint density at radius 2 is 2.12 bits per heavy atom. The van der Waals surface area contributed by atoms with Gasteiger partial charge in [-0.1, -0.05) is 0 Å². The van der Waals surface area contributed by atoms with Gasteiger partial charge in [0.2, 0.25) is 0 Å². The molecule has 0 saturated carbocycles. The van der Waals surface area contributed by atoms with Crippen molar-refractivity contribution in [3.05, 3.63) is 0 Å². The van der Waals surface area contributed by atoms with Crippen molar-refractivity contribution >= 4 is 12.4 Å². The first kappa shape index (κ1) is 8.14. The Morgan fingerprint density at radius 3 is 2.25 bits per heavy atom. The van der Waals surface area contributed by atoms with Gasteiger partial charge in [-0.25, -0.2) is 4.39 Å². The maximum absolute atomic E-state index is 12.1. The summed E-state index contributed by atoms with van der Waals surface area (Å²) in [5.41, 5.74) is 5.24. The standard InChI is InChI=1S/C4H9FN2.ClH/c5-3-1-7-2-4(3)6;/h3-4,7H,1-2,6H2;1H/t3-,4+;/m0./s1. The Balaban J connectivity index is 0.000000490. The van der Waals surface area contributed by atoms with Crippen molar-refractivity contribution in [1.29, 1.82) is 0 Å². The number of halogens is 2. The van der Waals surface area contributed by atoms with E-state index < -0.39 is 6.17 Å². The third kappa shape index (κ3) is 1.58. The van der Waals surface area contributed by atoms with Crippen LogP contribution < -0.4 is 11.1 Å². The monoisotopic (exact) mass is 140 g/mol. The third-order valence-corrected chi connectivity index (χ3v) is 1.18. The molecule has 3 N–H and O–H groups in total. The van der Waals surface area contributed by atoms with E-state index in [-0.39, 0.29) is 18.4 Å². The van der Waals surface area contributed by atoms with Gasteiger partial charge in [-0.15, -0.1) is 12.4 Å². The number of hydrogen-bond acceptors (Lipinski definition) is 2. The van der Waals surface area contributed by atoms with Crippen LogP contribution in [0.25, 0.3) is 0 Å². The van der Waals surface area contributed by atoms with Crippen molar-refractivity contribution in [2.75, 3.05) is 13.1 Å². The Morgan fingerprint density at radius 1 is 1.50 bits per heavy atom. The molecule has 2 nitrogen and oxygen atoms in total. The molecule has 1 aliphatic heterocycles. The van der Waals surface area contributed by atoms with Gasteiger partial charge in [0.25, 0.3) is 0 Å². The fraction of sp³-hybridized carbons (Fsp3) is 1.00. The van der Waals surface area contributed by atoms with Gasteiger partial charge in [0, 0.05) is 19.1 Å². The number of nitrogens with two attached hydrogens (primary N) is 1. The van der Waals surface area contributed by atoms with Crippen molar-refractivity contribution in [3.8, 4) is 0 Å². The predicted octanol–water partition coefficient (Wildman–Crippen LogP) is -0.323. The van der Waals surface area contributed by atoms with Crippen LogP contribution >= 0.6 is 12.4 Å². The van der Waals surface area contributed by atoms with E-state index >= 15 is 0 Å². The second kappa shape index (κ2) is 3.22. The normalized spacial score (nSPS) is 36.8. The van der Waals surface area contributed by atoms with Gasteiger partial charge in [0.05, 0.1) is 0 Å². The first-order chi connectivity index (χ1) is 3.30. The molecule has 0 amide bonds. The van der Waals surface area contributed by atoms with Crippen LogP contribution in [0.1, 0.15) is 0 Å². The minimum atomic E-state index is -0.819. The maximum atomic E-state index is 12.1. The number of rotatable bonds is 0. The van der Waals surface area contributed by atoms with Crippen molar-refractivity contribution in [2.45, 2.75) is 12.2 Å². The van der Waals surface area contributed by atoms with Crippen LogP contribution in [0.2, 0.25) is 0 Å². The highest BCUT2D eigenvalue weighted by molar-refractivity contribution is 5.85. The molecule has 0 aromatic rings. The topological polar surface area (TPSA) is 38.0 Å². The average Bonchev–Trinajstić information content (AvgIpc) is 1.91. The quantitative estimate of drug-likeness (QED) is 0.484. The molecular formula is C4H10ClFN2. The maximum Gasteiger partial charge on any atom is 0.129 e. The van der Waals surface area contributed by atoms with Gasteiger partial charge in [-0.05, 0) is 0 Å². The summed E-state index contributed by atoms with van der Waals surface area (Å²) < 4.78 is 12.1. The molecule has 0 bridgehead atoms. The molecule has 4 heteroatoms. The lowest BCUT2D eigenvalue weighted by Gasteiger charge is -1.99. The van der Waals surface area contributed by atoms with Crippen LogP contribution in [-0.4, -0.2) is 25.3 Å². The minimum Gasteiger partial charge on any atom is -0.324 e. The van der Waals surface area contributed by atoms with Crippen LogP contribution in [0.3, 0.4) is 0 Å². The Bertz CT molecular complexity index is 63.1. The zero-order chi connectivity index (χ0) is 5.28. The second-order valence-corrected chi connectivity index (χ2v) is 1.84. The summed E-state index contributed by atoms with van der Waals surface area (Å²) in [6, 6.07) is -0.264. The van der Waals surface area contributed by atoms with Crippen molar-refractivity contribution < 1.29 is 4.39 Å². The van der Waals surface area contributed by atoms with Crippen LogP contribution in [0, 0.1) is 0 Å². The van der Waals surface area contributed by atoms with E-state index in [1.165, 1.54) is 0 Å². The van der Waals surface area contributed by atoms with Gasteiger partial charge in [-0.2, -0.15) is 0 Å².